The van der Waals surface area contributed by atoms with Gasteiger partial charge in [0, 0.05) is 19.0 Å². The first-order valence-corrected chi connectivity index (χ1v) is 8.67. The third-order valence-corrected chi connectivity index (χ3v) is 5.20. The van der Waals surface area contributed by atoms with E-state index in [1.165, 1.54) is 0 Å². The number of carbonyl (C=O) groups excluding carboxylic acids is 1. The van der Waals surface area contributed by atoms with Crippen molar-refractivity contribution in [1.82, 2.24) is 34.9 Å². The Kier molecular flexibility index (Phi) is 3.82. The summed E-state index contributed by atoms with van der Waals surface area (Å²) in [5.41, 5.74) is 2.90. The van der Waals surface area contributed by atoms with Gasteiger partial charge in [-0.2, -0.15) is 0 Å². The van der Waals surface area contributed by atoms with Crippen molar-refractivity contribution < 1.29 is 4.79 Å². The maximum absolute atomic E-state index is 12.7. The summed E-state index contributed by atoms with van der Waals surface area (Å²) in [5.74, 6) is 1.19. The highest BCUT2D eigenvalue weighted by molar-refractivity contribution is 5.79. The zero-order valence-electron chi connectivity index (χ0n) is 14.2. The van der Waals surface area contributed by atoms with Crippen molar-refractivity contribution in [2.75, 3.05) is 6.54 Å². The molecule has 0 atom stereocenters. The Balaban J connectivity index is 1.54. The summed E-state index contributed by atoms with van der Waals surface area (Å²) in [5, 5.41) is 16.6. The number of amides is 1. The highest BCUT2D eigenvalue weighted by atomic mass is 16.2. The second kappa shape index (κ2) is 5.99. The van der Waals surface area contributed by atoms with E-state index in [9.17, 15) is 4.79 Å². The maximum atomic E-state index is 12.7. The van der Waals surface area contributed by atoms with E-state index in [2.05, 4.69) is 27.5 Å². The molecule has 1 fully saturated rings. The molecule has 0 unspecified atom stereocenters. The quantitative estimate of drug-likeness (QED) is 0.839. The summed E-state index contributed by atoms with van der Waals surface area (Å²) < 4.78 is 3.76. The fraction of sp³-hybridized carbons (Fsp3) is 0.688. The van der Waals surface area contributed by atoms with E-state index in [1.54, 1.807) is 6.20 Å². The Morgan fingerprint density at radius 2 is 2.12 bits per heavy atom. The largest absolute Gasteiger partial charge is 0.336 e. The number of nitrogens with zero attached hydrogens (tertiary/aromatic N) is 7. The summed E-state index contributed by atoms with van der Waals surface area (Å²) in [6.45, 7) is 6.93. The maximum Gasteiger partial charge on any atom is 0.226 e. The molecule has 8 nitrogen and oxygen atoms in total. The molecule has 1 aliphatic carbocycles. The summed E-state index contributed by atoms with van der Waals surface area (Å²) in [6.07, 6.45) is 4.71. The molecule has 0 bridgehead atoms. The number of hydrogen-bond acceptors (Lipinski definition) is 5. The van der Waals surface area contributed by atoms with Crippen LogP contribution in [0.4, 0.5) is 0 Å². The number of rotatable bonds is 3. The zero-order valence-corrected chi connectivity index (χ0v) is 14.2. The van der Waals surface area contributed by atoms with Crippen molar-refractivity contribution in [3.8, 4) is 0 Å². The molecule has 0 N–H and O–H groups in total. The monoisotopic (exact) mass is 329 g/mol. The van der Waals surface area contributed by atoms with E-state index in [0.717, 1.165) is 49.4 Å². The highest BCUT2D eigenvalue weighted by Crippen LogP contribution is 2.35. The minimum atomic E-state index is 0.212. The van der Waals surface area contributed by atoms with E-state index in [0.29, 0.717) is 24.9 Å². The van der Waals surface area contributed by atoms with Crippen LogP contribution in [0.15, 0.2) is 6.20 Å². The average Bonchev–Trinajstić information content (AvgIpc) is 3.03. The van der Waals surface area contributed by atoms with Gasteiger partial charge in [-0.25, -0.2) is 9.36 Å². The number of aryl methyl sites for hydroxylation is 2. The molecular weight excluding hydrogens is 306 g/mol. The smallest absolute Gasteiger partial charge is 0.226 e. The lowest BCUT2D eigenvalue weighted by Gasteiger charge is -2.35. The lowest BCUT2D eigenvalue weighted by Crippen LogP contribution is -2.41. The van der Waals surface area contributed by atoms with Gasteiger partial charge in [0.2, 0.25) is 5.91 Å². The van der Waals surface area contributed by atoms with Crippen LogP contribution in [0, 0.1) is 18.8 Å². The average molecular weight is 329 g/mol. The number of carbonyl (C=O) groups is 1. The van der Waals surface area contributed by atoms with Crippen molar-refractivity contribution in [1.29, 1.82) is 0 Å². The standard InChI is InChI=1S/C16H23N7O/c1-11-6-13(7-11)16(24)21-4-3-5-22-15(10-21)14(18-20-22)9-23-12(2)8-17-19-23/h8,11,13H,3-7,9-10H2,1-2H3. The SMILES string of the molecule is Cc1cnnn1Cc1nnn2c1CN(C(=O)C1CC(C)C1)CCC2. The van der Waals surface area contributed by atoms with Crippen LogP contribution >= 0.6 is 0 Å². The minimum Gasteiger partial charge on any atom is -0.336 e. The third kappa shape index (κ3) is 2.70. The summed E-state index contributed by atoms with van der Waals surface area (Å²) in [7, 11) is 0. The molecule has 3 heterocycles. The van der Waals surface area contributed by atoms with Crippen LogP contribution < -0.4 is 0 Å². The predicted octanol–water partition coefficient (Wildman–Crippen LogP) is 1.00. The van der Waals surface area contributed by atoms with Gasteiger partial charge in [0.15, 0.2) is 0 Å². The topological polar surface area (TPSA) is 81.7 Å². The Morgan fingerprint density at radius 1 is 1.29 bits per heavy atom. The lowest BCUT2D eigenvalue weighted by molar-refractivity contribution is -0.140. The molecule has 0 spiro atoms. The minimum absolute atomic E-state index is 0.212. The Morgan fingerprint density at radius 3 is 2.83 bits per heavy atom. The fourth-order valence-corrected chi connectivity index (χ4v) is 3.67. The van der Waals surface area contributed by atoms with E-state index < -0.39 is 0 Å². The van der Waals surface area contributed by atoms with Gasteiger partial charge in [0.05, 0.1) is 30.7 Å². The molecule has 0 saturated heterocycles. The zero-order chi connectivity index (χ0) is 16.7. The van der Waals surface area contributed by atoms with Crippen LogP contribution in [0.1, 0.15) is 43.3 Å². The molecule has 0 aromatic carbocycles. The highest BCUT2D eigenvalue weighted by Gasteiger charge is 2.35. The number of hydrogen-bond donors (Lipinski definition) is 0. The first-order valence-electron chi connectivity index (χ1n) is 8.67. The van der Waals surface area contributed by atoms with Gasteiger partial charge in [-0.05, 0) is 32.1 Å². The molecule has 1 amide bonds. The molecule has 1 aliphatic heterocycles. The molecular formula is C16H23N7O. The van der Waals surface area contributed by atoms with Crippen LogP contribution in [0.25, 0.3) is 0 Å². The van der Waals surface area contributed by atoms with Crippen LogP contribution in [-0.2, 0) is 24.4 Å². The predicted molar refractivity (Wildman–Crippen MR) is 85.8 cm³/mol. The first-order chi connectivity index (χ1) is 11.6. The fourth-order valence-electron chi connectivity index (χ4n) is 3.67. The lowest BCUT2D eigenvalue weighted by atomic mass is 9.75. The van der Waals surface area contributed by atoms with Gasteiger partial charge >= 0.3 is 0 Å². The van der Waals surface area contributed by atoms with E-state index in [-0.39, 0.29) is 5.92 Å². The molecule has 4 rings (SSSR count). The number of aromatic nitrogens is 6. The summed E-state index contributed by atoms with van der Waals surface area (Å²) in [4.78, 5) is 14.7. The second-order valence-corrected chi connectivity index (χ2v) is 7.13. The molecule has 8 heteroatoms. The molecule has 24 heavy (non-hydrogen) atoms. The summed E-state index contributed by atoms with van der Waals surface area (Å²) in [6, 6.07) is 0. The molecule has 2 aliphatic rings. The van der Waals surface area contributed by atoms with Crippen LogP contribution in [0.5, 0.6) is 0 Å². The Labute approximate surface area is 140 Å². The van der Waals surface area contributed by atoms with Gasteiger partial charge in [0.1, 0.15) is 5.69 Å². The van der Waals surface area contributed by atoms with Gasteiger partial charge in [-0.3, -0.25) is 4.79 Å². The molecule has 0 radical (unpaired) electrons. The summed E-state index contributed by atoms with van der Waals surface area (Å²) >= 11 is 0. The van der Waals surface area contributed by atoms with E-state index >= 15 is 0 Å². The molecule has 2 aromatic heterocycles. The van der Waals surface area contributed by atoms with Crippen molar-refractivity contribution in [2.24, 2.45) is 11.8 Å². The molecule has 2 aromatic rings. The van der Waals surface area contributed by atoms with Crippen molar-refractivity contribution in [3.05, 3.63) is 23.3 Å². The molecule has 1 saturated carbocycles. The first kappa shape index (κ1) is 15.3. The Hall–Kier alpha value is -2.25. The Bertz CT molecular complexity index is 743. The van der Waals surface area contributed by atoms with E-state index in [4.69, 9.17) is 0 Å². The van der Waals surface area contributed by atoms with Gasteiger partial charge in [0.25, 0.3) is 0 Å². The normalized spacial score (nSPS) is 23.5. The van der Waals surface area contributed by atoms with Crippen molar-refractivity contribution >= 4 is 5.91 Å². The van der Waals surface area contributed by atoms with Gasteiger partial charge in [-0.15, -0.1) is 10.2 Å². The van der Waals surface area contributed by atoms with Crippen LogP contribution in [0.2, 0.25) is 0 Å². The van der Waals surface area contributed by atoms with Crippen LogP contribution in [-0.4, -0.2) is 47.3 Å². The van der Waals surface area contributed by atoms with Crippen molar-refractivity contribution in [2.45, 2.75) is 52.7 Å². The molecule has 128 valence electrons. The van der Waals surface area contributed by atoms with Gasteiger partial charge < -0.3 is 4.90 Å². The third-order valence-electron chi connectivity index (χ3n) is 5.20. The second-order valence-electron chi connectivity index (χ2n) is 7.13. The van der Waals surface area contributed by atoms with Crippen molar-refractivity contribution in [3.63, 3.8) is 0 Å². The number of fused-ring (bicyclic) bond motifs is 1. The van der Waals surface area contributed by atoms with E-state index in [1.807, 2.05) is 21.2 Å². The van der Waals surface area contributed by atoms with Crippen LogP contribution in [0.3, 0.4) is 0 Å². The van der Waals surface area contributed by atoms with Gasteiger partial charge in [-0.1, -0.05) is 17.4 Å².